The molecule has 4 saturated carbocycles. The van der Waals surface area contributed by atoms with Gasteiger partial charge in [-0.05, 0) is 68.1 Å². The maximum Gasteiger partial charge on any atom is 4.00 e. The van der Waals surface area contributed by atoms with Crippen LogP contribution in [0.5, 0.6) is 0 Å². The van der Waals surface area contributed by atoms with Crippen LogP contribution in [0, 0.1) is 35.3 Å². The molecule has 0 atom stereocenters. The molecule has 6 aliphatic carbocycles. The van der Waals surface area contributed by atoms with E-state index in [1.165, 1.54) is 41.5 Å². The third-order valence-electron chi connectivity index (χ3n) is 7.92. The molecule has 0 spiro atoms. The smallest absolute Gasteiger partial charge is 1.00 e. The second kappa shape index (κ2) is 10.1. The van der Waals surface area contributed by atoms with Crippen LogP contribution in [-0.2, 0) is 32.6 Å². The van der Waals surface area contributed by atoms with Crippen LogP contribution in [0.1, 0.15) is 56.1 Å². The van der Waals surface area contributed by atoms with Crippen LogP contribution in [0.2, 0.25) is 0 Å². The van der Waals surface area contributed by atoms with Gasteiger partial charge in [-0.3, -0.25) is 6.08 Å². The van der Waals surface area contributed by atoms with Crippen LogP contribution < -0.4 is 24.8 Å². The molecule has 0 saturated heterocycles. The molecular weight excluding hydrogens is 498 g/mol. The number of halogens is 2. The fourth-order valence-electron chi connectivity index (χ4n) is 7.21. The van der Waals surface area contributed by atoms with Crippen molar-refractivity contribution < 1.29 is 51.0 Å². The Morgan fingerprint density at radius 3 is 2.10 bits per heavy atom. The van der Waals surface area contributed by atoms with E-state index in [0.29, 0.717) is 5.41 Å². The third kappa shape index (κ3) is 4.58. The van der Waals surface area contributed by atoms with Crippen molar-refractivity contribution in [3.63, 3.8) is 0 Å². The Labute approximate surface area is 218 Å². The van der Waals surface area contributed by atoms with Crippen molar-refractivity contribution in [2.45, 2.75) is 51.4 Å². The zero-order valence-corrected chi connectivity index (χ0v) is 21.8. The van der Waals surface area contributed by atoms with Gasteiger partial charge in [-0.25, -0.2) is 11.6 Å². The topological polar surface area (TPSA) is 0 Å². The van der Waals surface area contributed by atoms with Crippen molar-refractivity contribution in [2.75, 3.05) is 0 Å². The first-order valence-corrected chi connectivity index (χ1v) is 11.1. The number of fused-ring (bicyclic) bond motifs is 3. The van der Waals surface area contributed by atoms with E-state index >= 15 is 0 Å². The van der Waals surface area contributed by atoms with Crippen molar-refractivity contribution in [2.24, 2.45) is 23.2 Å². The van der Waals surface area contributed by atoms with Crippen LogP contribution in [0.15, 0.2) is 60.2 Å². The van der Waals surface area contributed by atoms with E-state index in [4.69, 9.17) is 0 Å². The number of hydrogen-bond acceptors (Lipinski definition) is 0. The molecule has 0 N–H and O–H groups in total. The van der Waals surface area contributed by atoms with E-state index in [1.807, 2.05) is 6.07 Å². The Bertz CT molecular complexity index is 896. The first-order chi connectivity index (χ1) is 13.8. The maximum absolute atomic E-state index is 3.62. The quantitative estimate of drug-likeness (QED) is 0.415. The van der Waals surface area contributed by atoms with Crippen molar-refractivity contribution >= 4 is 0 Å². The second-order valence-electron chi connectivity index (χ2n) is 9.79. The minimum absolute atomic E-state index is 0. The number of allylic oxidation sites excluding steroid dienone is 4. The van der Waals surface area contributed by atoms with E-state index in [2.05, 4.69) is 60.7 Å². The molecule has 0 heterocycles. The molecule has 158 valence electrons. The van der Waals surface area contributed by atoms with Crippen LogP contribution in [0.4, 0.5) is 0 Å². The predicted octanol–water partition coefficient (Wildman–Crippen LogP) is 0.956. The first-order valence-electron chi connectivity index (χ1n) is 11.1. The van der Waals surface area contributed by atoms with E-state index in [9.17, 15) is 0 Å². The molecule has 31 heavy (non-hydrogen) atoms. The van der Waals surface area contributed by atoms with Gasteiger partial charge in [0.2, 0.25) is 0 Å². The summed E-state index contributed by atoms with van der Waals surface area (Å²) in [7, 11) is 0. The SMILES string of the molecule is [C-]1=C(C23CC4CC(CC(C4)C2)C3)C=CC1.[Cl-].[Cl-].[Zr+4].[c-]1cccc2c1Cc1ccccc1-2. The van der Waals surface area contributed by atoms with Gasteiger partial charge in [0.05, 0.1) is 0 Å². The van der Waals surface area contributed by atoms with Crippen molar-refractivity contribution in [1.82, 2.24) is 0 Å². The van der Waals surface area contributed by atoms with E-state index in [0.717, 1.165) is 30.6 Å². The zero-order chi connectivity index (χ0) is 18.6. The molecule has 8 rings (SSSR count). The molecule has 0 amide bonds. The molecule has 0 unspecified atom stereocenters. The minimum atomic E-state index is 0. The Balaban J connectivity index is 0.000000162. The summed E-state index contributed by atoms with van der Waals surface area (Å²) in [4.78, 5) is 0. The first kappa shape index (κ1) is 25.0. The van der Waals surface area contributed by atoms with Crippen molar-refractivity contribution in [3.8, 4) is 11.1 Å². The summed E-state index contributed by atoms with van der Waals surface area (Å²) in [5, 5.41) is 0. The molecule has 0 radical (unpaired) electrons. The third-order valence-corrected chi connectivity index (χ3v) is 7.92. The summed E-state index contributed by atoms with van der Waals surface area (Å²) in [5.41, 5.74) is 7.71. The molecule has 0 aromatic heterocycles. The Kier molecular flexibility index (Phi) is 8.16. The van der Waals surface area contributed by atoms with Crippen molar-refractivity contribution in [1.29, 1.82) is 0 Å². The fraction of sp³-hybridized carbons (Fsp3) is 0.429. The molecule has 0 nitrogen and oxygen atoms in total. The van der Waals surface area contributed by atoms with Gasteiger partial charge in [0, 0.05) is 0 Å². The molecule has 0 aliphatic heterocycles. The van der Waals surface area contributed by atoms with Gasteiger partial charge >= 0.3 is 26.2 Å². The molecule has 2 aromatic rings. The Hall–Kier alpha value is -0.617. The monoisotopic (exact) mass is 524 g/mol. The van der Waals surface area contributed by atoms with E-state index < -0.39 is 0 Å². The van der Waals surface area contributed by atoms with Gasteiger partial charge in [-0.15, -0.1) is 12.0 Å². The number of rotatable bonds is 1. The number of benzene rings is 2. The van der Waals surface area contributed by atoms with Gasteiger partial charge in [-0.2, -0.15) is 35.9 Å². The van der Waals surface area contributed by atoms with E-state index in [-0.39, 0.29) is 51.0 Å². The van der Waals surface area contributed by atoms with Crippen molar-refractivity contribution in [3.05, 3.63) is 83.5 Å². The average molecular weight is 527 g/mol. The summed E-state index contributed by atoms with van der Waals surface area (Å²) >= 11 is 0. The largest absolute Gasteiger partial charge is 4.00 e. The van der Waals surface area contributed by atoms with Gasteiger partial charge < -0.3 is 24.8 Å². The summed E-state index contributed by atoms with van der Waals surface area (Å²) in [6, 6.07) is 18.1. The van der Waals surface area contributed by atoms with E-state index in [1.54, 1.807) is 24.8 Å². The standard InChI is InChI=1S/C15H19.C13H9.2ClH.Zr/c1-2-4-14(3-1)15-8-11-5-12(9-15)7-13(6-11)10-15;1-3-7-12-10(5-1)9-11-6-2-4-8-13(11)12;;;/h1,3,11-13H,2,5-10H2;1-5,7-8H,9H2;2*1H;/q2*-1;;;+4/p-2. The minimum Gasteiger partial charge on any atom is -1.00 e. The average Bonchev–Trinajstić information content (AvgIpc) is 3.36. The molecule has 2 aromatic carbocycles. The van der Waals surface area contributed by atoms with Crippen LogP contribution in [0.3, 0.4) is 0 Å². The Morgan fingerprint density at radius 2 is 1.45 bits per heavy atom. The molecule has 3 heteroatoms. The molecule has 6 aliphatic rings. The maximum atomic E-state index is 3.62. The Morgan fingerprint density at radius 1 is 0.806 bits per heavy atom. The van der Waals surface area contributed by atoms with Gasteiger partial charge in [0.25, 0.3) is 0 Å². The summed E-state index contributed by atoms with van der Waals surface area (Å²) < 4.78 is 0. The second-order valence-corrected chi connectivity index (χ2v) is 9.79. The summed E-state index contributed by atoms with van der Waals surface area (Å²) in [6.45, 7) is 0. The van der Waals surface area contributed by atoms with Gasteiger partial charge in [0.15, 0.2) is 0 Å². The van der Waals surface area contributed by atoms with Gasteiger partial charge in [-0.1, -0.05) is 35.4 Å². The van der Waals surface area contributed by atoms with Gasteiger partial charge in [0.1, 0.15) is 0 Å². The summed E-state index contributed by atoms with van der Waals surface area (Å²) in [6.07, 6.45) is 19.6. The zero-order valence-electron chi connectivity index (χ0n) is 17.8. The molecule has 4 bridgehead atoms. The fourth-order valence-corrected chi connectivity index (χ4v) is 7.21. The van der Waals surface area contributed by atoms with Crippen LogP contribution >= 0.6 is 0 Å². The number of hydrogen-bond donors (Lipinski definition) is 0. The van der Waals surface area contributed by atoms with Crippen LogP contribution in [0.25, 0.3) is 11.1 Å². The normalized spacial score (nSPS) is 29.9. The molecular formula is C28H28Cl2Zr. The molecule has 4 fully saturated rings. The van der Waals surface area contributed by atoms with Crippen LogP contribution in [-0.4, -0.2) is 0 Å². The predicted molar refractivity (Wildman–Crippen MR) is 115 cm³/mol. The summed E-state index contributed by atoms with van der Waals surface area (Å²) in [5.74, 6) is 3.21.